The zero-order chi connectivity index (χ0) is 16.2. The Hall–Kier alpha value is -3.29. The Morgan fingerprint density at radius 2 is 2.13 bits per heavy atom. The second-order valence-corrected chi connectivity index (χ2v) is 4.76. The van der Waals surface area contributed by atoms with Gasteiger partial charge in [0, 0.05) is 24.4 Å². The molecule has 8 nitrogen and oxygen atoms in total. The summed E-state index contributed by atoms with van der Waals surface area (Å²) in [6, 6.07) is 9.17. The summed E-state index contributed by atoms with van der Waals surface area (Å²) < 4.78 is 6.29. The standard InChI is InChI=1S/C15H14N6O2/c1-21-8-13(19-20-21)10-4-3-5-11(6-10)18-14-7-12(15(22)23-2)16-9-17-14/h3-9H,1-2H3,(H,16,17,18). The summed E-state index contributed by atoms with van der Waals surface area (Å²) in [5.41, 5.74) is 2.69. The van der Waals surface area contributed by atoms with Gasteiger partial charge < -0.3 is 10.1 Å². The van der Waals surface area contributed by atoms with E-state index in [9.17, 15) is 4.79 Å². The molecule has 116 valence electrons. The summed E-state index contributed by atoms with van der Waals surface area (Å²) in [7, 11) is 3.12. The van der Waals surface area contributed by atoms with Crippen molar-refractivity contribution in [1.82, 2.24) is 25.0 Å². The molecule has 0 atom stereocenters. The van der Waals surface area contributed by atoms with E-state index in [1.54, 1.807) is 4.68 Å². The summed E-state index contributed by atoms with van der Waals surface area (Å²) in [6.45, 7) is 0. The lowest BCUT2D eigenvalue weighted by Gasteiger charge is -2.07. The van der Waals surface area contributed by atoms with Gasteiger partial charge in [0.2, 0.25) is 0 Å². The molecule has 0 amide bonds. The van der Waals surface area contributed by atoms with Crippen LogP contribution in [0.3, 0.4) is 0 Å². The lowest BCUT2D eigenvalue weighted by atomic mass is 10.1. The number of hydrogen-bond donors (Lipinski definition) is 1. The Bertz CT molecular complexity index is 845. The molecule has 0 fully saturated rings. The highest BCUT2D eigenvalue weighted by Gasteiger charge is 2.09. The maximum atomic E-state index is 11.5. The highest BCUT2D eigenvalue weighted by Crippen LogP contribution is 2.22. The van der Waals surface area contributed by atoms with Crippen LogP contribution in [0.15, 0.2) is 42.9 Å². The molecule has 2 aromatic heterocycles. The number of aromatic nitrogens is 5. The first-order valence-corrected chi connectivity index (χ1v) is 6.80. The van der Waals surface area contributed by atoms with E-state index in [1.165, 1.54) is 19.5 Å². The Labute approximate surface area is 132 Å². The number of nitrogens with one attached hydrogen (secondary N) is 1. The molecule has 3 aromatic rings. The number of methoxy groups -OCH3 is 1. The van der Waals surface area contributed by atoms with Crippen LogP contribution in [-0.2, 0) is 11.8 Å². The van der Waals surface area contributed by atoms with Crippen molar-refractivity contribution < 1.29 is 9.53 Å². The number of carbonyl (C=O) groups excluding carboxylic acids is 1. The van der Waals surface area contributed by atoms with Crippen molar-refractivity contribution in [2.45, 2.75) is 0 Å². The van der Waals surface area contributed by atoms with Gasteiger partial charge in [0.1, 0.15) is 17.8 Å². The van der Waals surface area contributed by atoms with E-state index in [-0.39, 0.29) is 5.69 Å². The zero-order valence-electron chi connectivity index (χ0n) is 12.6. The molecule has 3 rings (SSSR count). The summed E-state index contributed by atoms with van der Waals surface area (Å²) in [6.07, 6.45) is 3.14. The quantitative estimate of drug-likeness (QED) is 0.734. The Morgan fingerprint density at radius 3 is 2.87 bits per heavy atom. The maximum absolute atomic E-state index is 11.5. The van der Waals surface area contributed by atoms with Crippen molar-refractivity contribution in [2.24, 2.45) is 7.05 Å². The molecular formula is C15H14N6O2. The van der Waals surface area contributed by atoms with Crippen LogP contribution in [0.1, 0.15) is 10.5 Å². The second kappa shape index (κ2) is 6.22. The fourth-order valence-electron chi connectivity index (χ4n) is 2.03. The summed E-state index contributed by atoms with van der Waals surface area (Å²) in [5, 5.41) is 11.1. The molecular weight excluding hydrogens is 296 g/mol. The number of nitrogens with zero attached hydrogens (tertiary/aromatic N) is 5. The minimum atomic E-state index is -0.510. The predicted octanol–water partition coefficient (Wildman–Crippen LogP) is 1.80. The van der Waals surface area contributed by atoms with E-state index in [0.29, 0.717) is 5.82 Å². The highest BCUT2D eigenvalue weighted by molar-refractivity contribution is 5.88. The van der Waals surface area contributed by atoms with Crippen LogP contribution in [0.2, 0.25) is 0 Å². The Balaban J connectivity index is 1.85. The number of hydrogen-bond acceptors (Lipinski definition) is 7. The third-order valence-corrected chi connectivity index (χ3v) is 3.10. The first-order chi connectivity index (χ1) is 11.2. The molecule has 0 radical (unpaired) electrons. The monoisotopic (exact) mass is 310 g/mol. The molecule has 0 saturated heterocycles. The van der Waals surface area contributed by atoms with Crippen molar-refractivity contribution in [2.75, 3.05) is 12.4 Å². The Morgan fingerprint density at radius 1 is 1.26 bits per heavy atom. The van der Waals surface area contributed by atoms with Crippen LogP contribution < -0.4 is 5.32 Å². The average Bonchev–Trinajstić information content (AvgIpc) is 3.01. The maximum Gasteiger partial charge on any atom is 0.356 e. The lowest BCUT2D eigenvalue weighted by Crippen LogP contribution is -2.05. The van der Waals surface area contributed by atoms with E-state index in [2.05, 4.69) is 30.3 Å². The van der Waals surface area contributed by atoms with Gasteiger partial charge in [0.15, 0.2) is 5.69 Å². The van der Waals surface area contributed by atoms with Crippen molar-refractivity contribution in [3.8, 4) is 11.3 Å². The fraction of sp³-hybridized carbons (Fsp3) is 0.133. The first kappa shape index (κ1) is 14.6. The van der Waals surface area contributed by atoms with E-state index in [0.717, 1.165) is 16.9 Å². The minimum Gasteiger partial charge on any atom is -0.464 e. The molecule has 2 heterocycles. The molecule has 0 aliphatic heterocycles. The molecule has 0 aliphatic carbocycles. The number of benzene rings is 1. The number of aryl methyl sites for hydroxylation is 1. The third kappa shape index (κ3) is 3.31. The molecule has 1 aromatic carbocycles. The predicted molar refractivity (Wildman–Crippen MR) is 83.1 cm³/mol. The molecule has 0 unspecified atom stereocenters. The SMILES string of the molecule is COC(=O)c1cc(Nc2cccc(-c3cn(C)nn3)c2)ncn1. The molecule has 23 heavy (non-hydrogen) atoms. The number of rotatable bonds is 4. The van der Waals surface area contributed by atoms with Gasteiger partial charge in [0.25, 0.3) is 0 Å². The lowest BCUT2D eigenvalue weighted by molar-refractivity contribution is 0.0594. The normalized spacial score (nSPS) is 10.3. The summed E-state index contributed by atoms with van der Waals surface area (Å²) in [5.74, 6) is -0.0135. The van der Waals surface area contributed by atoms with E-state index < -0.39 is 5.97 Å². The molecule has 8 heteroatoms. The zero-order valence-corrected chi connectivity index (χ0v) is 12.6. The Kier molecular flexibility index (Phi) is 3.96. The van der Waals surface area contributed by atoms with Crippen LogP contribution in [0.4, 0.5) is 11.5 Å². The minimum absolute atomic E-state index is 0.190. The van der Waals surface area contributed by atoms with Crippen LogP contribution in [0, 0.1) is 0 Å². The molecule has 0 spiro atoms. The number of anilines is 2. The van der Waals surface area contributed by atoms with E-state index in [4.69, 9.17) is 0 Å². The van der Waals surface area contributed by atoms with Crippen molar-refractivity contribution >= 4 is 17.5 Å². The van der Waals surface area contributed by atoms with Gasteiger partial charge in [-0.2, -0.15) is 0 Å². The van der Waals surface area contributed by atoms with Crippen molar-refractivity contribution in [3.63, 3.8) is 0 Å². The smallest absolute Gasteiger partial charge is 0.356 e. The van der Waals surface area contributed by atoms with Gasteiger partial charge in [0.05, 0.1) is 13.3 Å². The van der Waals surface area contributed by atoms with E-state index >= 15 is 0 Å². The summed E-state index contributed by atoms with van der Waals surface area (Å²) >= 11 is 0. The van der Waals surface area contributed by atoms with Crippen LogP contribution >= 0.6 is 0 Å². The van der Waals surface area contributed by atoms with Gasteiger partial charge >= 0.3 is 5.97 Å². The second-order valence-electron chi connectivity index (χ2n) is 4.76. The largest absolute Gasteiger partial charge is 0.464 e. The number of esters is 1. The molecule has 0 aliphatic rings. The molecule has 0 saturated carbocycles. The van der Waals surface area contributed by atoms with Crippen molar-refractivity contribution in [3.05, 3.63) is 48.5 Å². The van der Waals surface area contributed by atoms with E-state index in [1.807, 2.05) is 37.5 Å². The van der Waals surface area contributed by atoms with Gasteiger partial charge in [-0.15, -0.1) is 5.10 Å². The van der Waals surface area contributed by atoms with Crippen LogP contribution in [0.5, 0.6) is 0 Å². The van der Waals surface area contributed by atoms with Crippen LogP contribution in [-0.4, -0.2) is 38.0 Å². The van der Waals surface area contributed by atoms with Gasteiger partial charge in [-0.3, -0.25) is 4.68 Å². The summed E-state index contributed by atoms with van der Waals surface area (Å²) in [4.78, 5) is 19.5. The molecule has 1 N–H and O–H groups in total. The van der Waals surface area contributed by atoms with Crippen LogP contribution in [0.25, 0.3) is 11.3 Å². The number of carbonyl (C=O) groups is 1. The fourth-order valence-corrected chi connectivity index (χ4v) is 2.03. The van der Waals surface area contributed by atoms with Gasteiger partial charge in [-0.05, 0) is 12.1 Å². The first-order valence-electron chi connectivity index (χ1n) is 6.80. The number of ether oxygens (including phenoxy) is 1. The highest BCUT2D eigenvalue weighted by atomic mass is 16.5. The third-order valence-electron chi connectivity index (χ3n) is 3.10. The van der Waals surface area contributed by atoms with Gasteiger partial charge in [-0.25, -0.2) is 14.8 Å². The van der Waals surface area contributed by atoms with Crippen molar-refractivity contribution in [1.29, 1.82) is 0 Å². The topological polar surface area (TPSA) is 94.8 Å². The average molecular weight is 310 g/mol. The van der Waals surface area contributed by atoms with Gasteiger partial charge in [-0.1, -0.05) is 17.3 Å². The molecule has 0 bridgehead atoms.